The topological polar surface area (TPSA) is 18.5 Å². The molecule has 0 rings (SSSR count). The molecule has 0 aromatic rings. The minimum absolute atomic E-state index is 0.574. The van der Waals surface area contributed by atoms with Crippen LogP contribution in [-0.2, 0) is 9.78 Å². The van der Waals surface area contributed by atoms with E-state index in [-0.39, 0.29) is 0 Å². The van der Waals surface area contributed by atoms with Crippen LogP contribution in [0.3, 0.4) is 0 Å². The lowest BCUT2D eigenvalue weighted by atomic mass is 10.00. The van der Waals surface area contributed by atoms with Crippen molar-refractivity contribution in [2.24, 2.45) is 11.8 Å². The van der Waals surface area contributed by atoms with Crippen LogP contribution in [0.1, 0.15) is 20.8 Å². The second-order valence-corrected chi connectivity index (χ2v) is 2.67. The van der Waals surface area contributed by atoms with Gasteiger partial charge in [-0.05, 0) is 11.8 Å². The van der Waals surface area contributed by atoms with Crippen LogP contribution in [0.4, 0.5) is 0 Å². The van der Waals surface area contributed by atoms with Crippen LogP contribution in [0.5, 0.6) is 0 Å². The molecule has 0 saturated carbocycles. The Morgan fingerprint density at radius 1 is 1.22 bits per heavy atom. The van der Waals surface area contributed by atoms with E-state index < -0.39 is 0 Å². The van der Waals surface area contributed by atoms with E-state index in [4.69, 9.17) is 4.89 Å². The largest absolute Gasteiger partial charge is 0.240 e. The zero-order valence-electron chi connectivity index (χ0n) is 6.68. The predicted molar refractivity (Wildman–Crippen MR) is 37.0 cm³/mol. The van der Waals surface area contributed by atoms with Crippen molar-refractivity contribution < 1.29 is 9.78 Å². The van der Waals surface area contributed by atoms with Crippen molar-refractivity contribution in [1.29, 1.82) is 0 Å². The van der Waals surface area contributed by atoms with Gasteiger partial charge in [-0.2, -0.15) is 0 Å². The Bertz CT molecular complexity index is 61.9. The van der Waals surface area contributed by atoms with Gasteiger partial charge in [0.15, 0.2) is 0 Å². The minimum atomic E-state index is 0.574. The van der Waals surface area contributed by atoms with Gasteiger partial charge in [-0.15, -0.1) is 0 Å². The molecule has 0 fully saturated rings. The molecule has 0 aliphatic rings. The van der Waals surface area contributed by atoms with Gasteiger partial charge in [0.2, 0.25) is 0 Å². The van der Waals surface area contributed by atoms with E-state index in [0.29, 0.717) is 18.4 Å². The van der Waals surface area contributed by atoms with E-state index in [1.54, 1.807) is 0 Å². The summed E-state index contributed by atoms with van der Waals surface area (Å²) in [6.45, 7) is 7.17. The van der Waals surface area contributed by atoms with Crippen LogP contribution in [0.15, 0.2) is 0 Å². The van der Waals surface area contributed by atoms with Crippen molar-refractivity contribution in [2.75, 3.05) is 13.7 Å². The third-order valence-corrected chi connectivity index (χ3v) is 1.59. The van der Waals surface area contributed by atoms with Crippen LogP contribution in [0.2, 0.25) is 0 Å². The maximum Gasteiger partial charge on any atom is 0.0850 e. The molecule has 0 aliphatic heterocycles. The van der Waals surface area contributed by atoms with Gasteiger partial charge in [-0.1, -0.05) is 20.8 Å². The first-order valence-electron chi connectivity index (χ1n) is 3.34. The van der Waals surface area contributed by atoms with Gasteiger partial charge >= 0.3 is 0 Å². The summed E-state index contributed by atoms with van der Waals surface area (Å²) in [5.74, 6) is 1.24. The fourth-order valence-corrected chi connectivity index (χ4v) is 0.368. The summed E-state index contributed by atoms with van der Waals surface area (Å²) in [4.78, 5) is 9.22. The van der Waals surface area contributed by atoms with Gasteiger partial charge in [0, 0.05) is 0 Å². The maximum atomic E-state index is 4.76. The minimum Gasteiger partial charge on any atom is -0.240 e. The molecule has 1 unspecified atom stereocenters. The molecular weight excluding hydrogens is 116 g/mol. The standard InChI is InChI=1S/C7H16O2/c1-6(2)7(3)5-9-8-4/h6-7H,5H2,1-4H3. The Hall–Kier alpha value is -0.0800. The maximum absolute atomic E-state index is 4.76. The molecule has 0 heterocycles. The van der Waals surface area contributed by atoms with Crippen molar-refractivity contribution in [2.45, 2.75) is 20.8 Å². The third kappa shape index (κ3) is 4.43. The lowest BCUT2D eigenvalue weighted by Crippen LogP contribution is -2.11. The highest BCUT2D eigenvalue weighted by atomic mass is 17.2. The van der Waals surface area contributed by atoms with Crippen molar-refractivity contribution in [1.82, 2.24) is 0 Å². The number of rotatable bonds is 4. The van der Waals surface area contributed by atoms with Crippen molar-refractivity contribution in [3.05, 3.63) is 0 Å². The van der Waals surface area contributed by atoms with Crippen LogP contribution >= 0.6 is 0 Å². The fourth-order valence-electron chi connectivity index (χ4n) is 0.368. The molecular formula is C7H16O2. The lowest BCUT2D eigenvalue weighted by Gasteiger charge is -2.12. The van der Waals surface area contributed by atoms with Crippen molar-refractivity contribution in [3.8, 4) is 0 Å². The van der Waals surface area contributed by atoms with Gasteiger partial charge in [0.05, 0.1) is 13.7 Å². The average molecular weight is 132 g/mol. The highest BCUT2D eigenvalue weighted by Crippen LogP contribution is 2.08. The van der Waals surface area contributed by atoms with Crippen LogP contribution in [0.25, 0.3) is 0 Å². The molecule has 2 nitrogen and oxygen atoms in total. The summed E-state index contributed by atoms with van der Waals surface area (Å²) in [5.41, 5.74) is 0. The van der Waals surface area contributed by atoms with E-state index in [2.05, 4.69) is 25.7 Å². The number of hydrogen-bond donors (Lipinski definition) is 0. The molecule has 1 atom stereocenters. The molecule has 0 aromatic carbocycles. The summed E-state index contributed by atoms with van der Waals surface area (Å²) in [6.07, 6.45) is 0. The Balaban J connectivity index is 3.16. The van der Waals surface area contributed by atoms with Gasteiger partial charge < -0.3 is 0 Å². The highest BCUT2D eigenvalue weighted by Gasteiger charge is 2.06. The Labute approximate surface area is 57.1 Å². The predicted octanol–water partition coefficient (Wildman–Crippen LogP) is 1.86. The normalized spacial score (nSPS) is 14.3. The SMILES string of the molecule is COOCC(C)C(C)C. The second-order valence-electron chi connectivity index (χ2n) is 2.67. The smallest absolute Gasteiger partial charge is 0.0850 e. The third-order valence-electron chi connectivity index (χ3n) is 1.59. The van der Waals surface area contributed by atoms with Gasteiger partial charge in [-0.3, -0.25) is 0 Å². The lowest BCUT2D eigenvalue weighted by molar-refractivity contribution is -0.280. The van der Waals surface area contributed by atoms with Gasteiger partial charge in [0.1, 0.15) is 0 Å². The number of hydrogen-bond acceptors (Lipinski definition) is 2. The molecule has 0 aliphatic carbocycles. The summed E-state index contributed by atoms with van der Waals surface area (Å²) in [6, 6.07) is 0. The Kier molecular flexibility index (Phi) is 4.72. The van der Waals surface area contributed by atoms with E-state index in [0.717, 1.165) is 0 Å². The summed E-state index contributed by atoms with van der Waals surface area (Å²) in [7, 11) is 1.53. The zero-order valence-corrected chi connectivity index (χ0v) is 6.68. The molecule has 0 radical (unpaired) electrons. The average Bonchev–Trinajstić information content (AvgIpc) is 1.82. The fraction of sp³-hybridized carbons (Fsp3) is 1.00. The first-order chi connectivity index (χ1) is 4.18. The molecule has 56 valence electrons. The molecule has 0 bridgehead atoms. The Morgan fingerprint density at radius 3 is 2.11 bits per heavy atom. The van der Waals surface area contributed by atoms with Gasteiger partial charge in [0.25, 0.3) is 0 Å². The van der Waals surface area contributed by atoms with Crippen LogP contribution in [0, 0.1) is 11.8 Å². The van der Waals surface area contributed by atoms with E-state index in [1.165, 1.54) is 7.11 Å². The van der Waals surface area contributed by atoms with Crippen molar-refractivity contribution >= 4 is 0 Å². The highest BCUT2D eigenvalue weighted by molar-refractivity contribution is 4.53. The molecule has 0 aromatic heterocycles. The van der Waals surface area contributed by atoms with Crippen molar-refractivity contribution in [3.63, 3.8) is 0 Å². The van der Waals surface area contributed by atoms with Crippen LogP contribution in [-0.4, -0.2) is 13.7 Å². The quantitative estimate of drug-likeness (QED) is 0.429. The first kappa shape index (κ1) is 8.92. The molecule has 2 heteroatoms. The molecule has 0 saturated heterocycles. The van der Waals surface area contributed by atoms with Crippen LogP contribution < -0.4 is 0 Å². The Morgan fingerprint density at radius 2 is 1.78 bits per heavy atom. The van der Waals surface area contributed by atoms with E-state index in [9.17, 15) is 0 Å². The summed E-state index contributed by atoms with van der Waals surface area (Å²) < 4.78 is 0. The van der Waals surface area contributed by atoms with Gasteiger partial charge in [-0.25, -0.2) is 9.78 Å². The molecule has 0 N–H and O–H groups in total. The van der Waals surface area contributed by atoms with E-state index >= 15 is 0 Å². The summed E-state index contributed by atoms with van der Waals surface area (Å²) >= 11 is 0. The second kappa shape index (κ2) is 4.77. The molecule has 0 amide bonds. The van der Waals surface area contributed by atoms with E-state index in [1.807, 2.05) is 0 Å². The monoisotopic (exact) mass is 132 g/mol. The zero-order chi connectivity index (χ0) is 7.28. The summed E-state index contributed by atoms with van der Waals surface area (Å²) in [5, 5.41) is 0. The molecule has 9 heavy (non-hydrogen) atoms. The first-order valence-corrected chi connectivity index (χ1v) is 3.34. The molecule has 0 spiro atoms.